The molecule has 1 heterocycles. The molecule has 0 aromatic rings. The standard InChI is InChI=1S/C11H19NO3/c1-7-8(13)11(4,9(14)15-6)10(2,3)12(7)5/h7H,1-6H3. The molecule has 4 nitrogen and oxygen atoms in total. The van der Waals surface area contributed by atoms with Gasteiger partial charge in [-0.25, -0.2) is 0 Å². The van der Waals surface area contributed by atoms with Crippen molar-refractivity contribution in [3.8, 4) is 0 Å². The first-order valence-corrected chi connectivity index (χ1v) is 5.07. The Hall–Kier alpha value is -0.900. The highest BCUT2D eigenvalue weighted by atomic mass is 16.5. The van der Waals surface area contributed by atoms with Crippen molar-refractivity contribution in [1.82, 2.24) is 4.90 Å². The molecule has 1 aliphatic heterocycles. The van der Waals surface area contributed by atoms with Crippen LogP contribution in [0.1, 0.15) is 27.7 Å². The van der Waals surface area contributed by atoms with E-state index in [4.69, 9.17) is 4.74 Å². The summed E-state index contributed by atoms with van der Waals surface area (Å²) in [5.41, 5.74) is -1.59. The third-order valence-corrected chi connectivity index (χ3v) is 4.15. The second-order valence-electron chi connectivity index (χ2n) is 4.83. The van der Waals surface area contributed by atoms with Crippen molar-refractivity contribution in [2.24, 2.45) is 5.41 Å². The number of ketones is 1. The first-order valence-electron chi connectivity index (χ1n) is 5.07. The van der Waals surface area contributed by atoms with Gasteiger partial charge in [-0.15, -0.1) is 0 Å². The number of ether oxygens (including phenoxy) is 1. The predicted octanol–water partition coefficient (Wildman–Crippen LogP) is 0.847. The third kappa shape index (κ3) is 1.24. The molecule has 1 rings (SSSR count). The van der Waals surface area contributed by atoms with Crippen molar-refractivity contribution in [3.05, 3.63) is 0 Å². The minimum Gasteiger partial charge on any atom is -0.468 e. The van der Waals surface area contributed by atoms with Crippen molar-refractivity contribution in [3.63, 3.8) is 0 Å². The van der Waals surface area contributed by atoms with E-state index in [1.807, 2.05) is 32.7 Å². The van der Waals surface area contributed by atoms with Crippen LogP contribution in [-0.4, -0.2) is 42.4 Å². The van der Waals surface area contributed by atoms with E-state index in [2.05, 4.69) is 0 Å². The molecule has 0 saturated carbocycles. The summed E-state index contributed by atoms with van der Waals surface area (Å²) in [7, 11) is 3.18. The van der Waals surface area contributed by atoms with E-state index in [9.17, 15) is 9.59 Å². The van der Waals surface area contributed by atoms with Crippen molar-refractivity contribution in [2.75, 3.05) is 14.2 Å². The molecule has 4 heteroatoms. The lowest BCUT2D eigenvalue weighted by molar-refractivity contribution is -0.159. The van der Waals surface area contributed by atoms with Gasteiger partial charge in [0, 0.05) is 5.54 Å². The van der Waals surface area contributed by atoms with Gasteiger partial charge in [0.05, 0.1) is 13.2 Å². The van der Waals surface area contributed by atoms with E-state index in [1.54, 1.807) is 6.92 Å². The largest absolute Gasteiger partial charge is 0.468 e. The summed E-state index contributed by atoms with van der Waals surface area (Å²) in [6.07, 6.45) is 0. The minimum atomic E-state index is -1.07. The van der Waals surface area contributed by atoms with Crippen molar-refractivity contribution >= 4 is 11.8 Å². The van der Waals surface area contributed by atoms with Crippen LogP contribution in [0.3, 0.4) is 0 Å². The zero-order valence-corrected chi connectivity index (χ0v) is 10.2. The number of likely N-dealkylation sites (tertiary alicyclic amines) is 1. The Labute approximate surface area is 90.6 Å². The molecule has 86 valence electrons. The van der Waals surface area contributed by atoms with E-state index < -0.39 is 16.9 Å². The van der Waals surface area contributed by atoms with Crippen LogP contribution in [0.2, 0.25) is 0 Å². The lowest BCUT2D eigenvalue weighted by atomic mass is 9.72. The molecule has 0 radical (unpaired) electrons. The van der Waals surface area contributed by atoms with Crippen LogP contribution in [0, 0.1) is 5.41 Å². The van der Waals surface area contributed by atoms with Gasteiger partial charge in [-0.1, -0.05) is 0 Å². The zero-order valence-electron chi connectivity index (χ0n) is 10.2. The molecule has 1 fully saturated rings. The number of nitrogens with zero attached hydrogens (tertiary/aromatic N) is 1. The van der Waals surface area contributed by atoms with E-state index in [1.165, 1.54) is 7.11 Å². The van der Waals surface area contributed by atoms with Crippen LogP contribution in [0.15, 0.2) is 0 Å². The minimum absolute atomic E-state index is 0.0677. The Bertz CT molecular complexity index is 311. The third-order valence-electron chi connectivity index (χ3n) is 4.15. The Morgan fingerprint density at radius 1 is 1.40 bits per heavy atom. The number of carbonyl (C=O) groups is 2. The van der Waals surface area contributed by atoms with E-state index >= 15 is 0 Å². The molecule has 2 unspecified atom stereocenters. The summed E-state index contributed by atoms with van der Waals surface area (Å²) in [6.45, 7) is 7.27. The Morgan fingerprint density at radius 3 is 2.13 bits per heavy atom. The van der Waals surface area contributed by atoms with Crippen LogP contribution < -0.4 is 0 Å². The van der Waals surface area contributed by atoms with Gasteiger partial charge in [0.1, 0.15) is 5.41 Å². The van der Waals surface area contributed by atoms with E-state index in [0.717, 1.165) is 0 Å². The fourth-order valence-electron chi connectivity index (χ4n) is 2.29. The highest BCUT2D eigenvalue weighted by Gasteiger charge is 2.63. The molecule has 15 heavy (non-hydrogen) atoms. The normalized spacial score (nSPS) is 35.6. The van der Waals surface area contributed by atoms with E-state index in [0.29, 0.717) is 0 Å². The van der Waals surface area contributed by atoms with E-state index in [-0.39, 0.29) is 11.8 Å². The molecular formula is C11H19NO3. The molecular weight excluding hydrogens is 194 g/mol. The predicted molar refractivity (Wildman–Crippen MR) is 56.4 cm³/mol. The summed E-state index contributed by atoms with van der Waals surface area (Å²) in [5.74, 6) is -0.518. The van der Waals surface area contributed by atoms with Crippen LogP contribution >= 0.6 is 0 Å². The lowest BCUT2D eigenvalue weighted by Gasteiger charge is -2.38. The van der Waals surface area contributed by atoms with Crippen molar-refractivity contribution in [2.45, 2.75) is 39.3 Å². The molecule has 0 aromatic heterocycles. The van der Waals surface area contributed by atoms with Crippen LogP contribution in [0.25, 0.3) is 0 Å². The summed E-state index contributed by atoms with van der Waals surface area (Å²) in [4.78, 5) is 25.8. The number of methoxy groups -OCH3 is 1. The summed E-state index contributed by atoms with van der Waals surface area (Å²) >= 11 is 0. The summed E-state index contributed by atoms with van der Waals surface area (Å²) < 4.78 is 4.75. The summed E-state index contributed by atoms with van der Waals surface area (Å²) in [5, 5.41) is 0. The van der Waals surface area contributed by atoms with Gasteiger partial charge in [-0.05, 0) is 34.7 Å². The Morgan fingerprint density at radius 2 is 1.87 bits per heavy atom. The van der Waals surface area contributed by atoms with Gasteiger partial charge in [0.2, 0.25) is 0 Å². The van der Waals surface area contributed by atoms with Gasteiger partial charge in [0.15, 0.2) is 5.78 Å². The average Bonchev–Trinajstić information content (AvgIpc) is 2.32. The monoisotopic (exact) mass is 213 g/mol. The molecule has 2 atom stereocenters. The summed E-state index contributed by atoms with van der Waals surface area (Å²) in [6, 6.07) is -0.246. The second kappa shape index (κ2) is 3.30. The number of hydrogen-bond acceptors (Lipinski definition) is 4. The molecule has 0 N–H and O–H groups in total. The first-order chi connectivity index (χ1) is 6.71. The first kappa shape index (κ1) is 12.2. The average molecular weight is 213 g/mol. The molecule has 0 aliphatic carbocycles. The van der Waals surface area contributed by atoms with Crippen LogP contribution in [0.4, 0.5) is 0 Å². The van der Waals surface area contributed by atoms with Crippen molar-refractivity contribution < 1.29 is 14.3 Å². The van der Waals surface area contributed by atoms with Gasteiger partial charge < -0.3 is 4.74 Å². The number of hydrogen-bond donors (Lipinski definition) is 0. The molecule has 0 aromatic carbocycles. The Balaban J connectivity index is 3.29. The Kier molecular flexibility index (Phi) is 2.68. The fourth-order valence-corrected chi connectivity index (χ4v) is 2.29. The molecule has 0 spiro atoms. The number of rotatable bonds is 1. The van der Waals surface area contributed by atoms with Gasteiger partial charge >= 0.3 is 5.97 Å². The molecule has 1 aliphatic rings. The number of likely N-dealkylation sites (N-methyl/N-ethyl adjacent to an activating group) is 1. The smallest absolute Gasteiger partial charge is 0.321 e. The quantitative estimate of drug-likeness (QED) is 0.478. The molecule has 0 amide bonds. The molecule has 1 saturated heterocycles. The maximum Gasteiger partial charge on any atom is 0.321 e. The SMILES string of the molecule is COC(=O)C1(C)C(=O)C(C)N(C)C1(C)C. The topological polar surface area (TPSA) is 46.6 Å². The van der Waals surface area contributed by atoms with Crippen LogP contribution in [0.5, 0.6) is 0 Å². The van der Waals surface area contributed by atoms with Crippen molar-refractivity contribution in [1.29, 1.82) is 0 Å². The highest BCUT2D eigenvalue weighted by Crippen LogP contribution is 2.45. The lowest BCUT2D eigenvalue weighted by Crippen LogP contribution is -2.52. The fraction of sp³-hybridized carbons (Fsp3) is 0.818. The number of Topliss-reactive ketones (excluding diaryl/α,β-unsaturated/α-hetero) is 1. The van der Waals surface area contributed by atoms with Gasteiger partial charge in [-0.2, -0.15) is 0 Å². The zero-order chi connectivity index (χ0) is 12.0. The van der Waals surface area contributed by atoms with Crippen LogP contribution in [-0.2, 0) is 14.3 Å². The second-order valence-corrected chi connectivity index (χ2v) is 4.83. The number of esters is 1. The van der Waals surface area contributed by atoms with Gasteiger partial charge in [-0.3, -0.25) is 14.5 Å². The maximum atomic E-state index is 12.1. The van der Waals surface area contributed by atoms with Gasteiger partial charge in [0.25, 0.3) is 0 Å². The highest BCUT2D eigenvalue weighted by molar-refractivity contribution is 6.09. The number of carbonyl (C=O) groups excluding carboxylic acids is 2. The molecule has 0 bridgehead atoms. The maximum absolute atomic E-state index is 12.1.